The van der Waals surface area contributed by atoms with Gasteiger partial charge in [-0.15, -0.1) is 0 Å². The topological polar surface area (TPSA) is 74.0 Å². The highest BCUT2D eigenvalue weighted by Crippen LogP contribution is 2.31. The molecule has 112 valence electrons. The van der Waals surface area contributed by atoms with E-state index in [0.29, 0.717) is 31.2 Å². The van der Waals surface area contributed by atoms with Crippen molar-refractivity contribution >= 4 is 23.1 Å². The fourth-order valence-corrected chi connectivity index (χ4v) is 2.51. The Morgan fingerprint density at radius 3 is 2.81 bits per heavy atom. The number of carbonyl (C=O) groups excluding carboxylic acids is 1. The summed E-state index contributed by atoms with van der Waals surface area (Å²) in [6, 6.07) is 7.30. The van der Waals surface area contributed by atoms with Gasteiger partial charge in [0, 0.05) is 6.54 Å². The first-order valence-electron chi connectivity index (χ1n) is 6.73. The van der Waals surface area contributed by atoms with Gasteiger partial charge >= 0.3 is 0 Å². The average molecular weight is 308 g/mol. The number of ether oxygens (including phenoxy) is 3. The van der Waals surface area contributed by atoms with E-state index in [2.05, 4.69) is 0 Å². The zero-order chi connectivity index (χ0) is 14.8. The normalized spacial score (nSPS) is 24.5. The Kier molecular flexibility index (Phi) is 3.94. The van der Waals surface area contributed by atoms with Crippen molar-refractivity contribution in [3.63, 3.8) is 0 Å². The van der Waals surface area contributed by atoms with Gasteiger partial charge in [0.05, 0.1) is 13.2 Å². The fraction of sp³-hybridized carbons (Fsp3) is 0.429. The third-order valence-electron chi connectivity index (χ3n) is 3.48. The van der Waals surface area contributed by atoms with E-state index >= 15 is 0 Å². The molecule has 2 unspecified atom stereocenters. The van der Waals surface area contributed by atoms with Crippen LogP contribution in [-0.4, -0.2) is 54.3 Å². The van der Waals surface area contributed by atoms with Gasteiger partial charge in [0.25, 0.3) is 5.91 Å². The van der Waals surface area contributed by atoms with Crippen molar-refractivity contribution in [1.29, 1.82) is 0 Å². The first kappa shape index (κ1) is 14.1. The quantitative estimate of drug-likeness (QED) is 0.794. The lowest BCUT2D eigenvalue weighted by atomic mass is 10.2. The smallest absolute Gasteiger partial charge is 0.267 e. The second-order valence-corrected chi connectivity index (χ2v) is 5.38. The molecule has 0 saturated carbocycles. The molecule has 1 saturated heterocycles. The molecular weight excluding hydrogens is 292 g/mol. The zero-order valence-corrected chi connectivity index (χ0v) is 12.2. The largest absolute Gasteiger partial charge is 0.485 e. The summed E-state index contributed by atoms with van der Waals surface area (Å²) in [4.78, 5) is 14.4. The Morgan fingerprint density at radius 1 is 1.29 bits per heavy atom. The molecule has 2 heterocycles. The SMILES string of the molecule is NC(=S)C1CN(C(=O)C2COc3ccccc3O2)CCO1. The minimum Gasteiger partial charge on any atom is -0.485 e. The van der Waals surface area contributed by atoms with Crippen LogP contribution in [0.15, 0.2) is 24.3 Å². The van der Waals surface area contributed by atoms with Crippen molar-refractivity contribution in [3.05, 3.63) is 24.3 Å². The van der Waals surface area contributed by atoms with Crippen LogP contribution in [0.25, 0.3) is 0 Å². The molecule has 0 bridgehead atoms. The highest BCUT2D eigenvalue weighted by atomic mass is 32.1. The van der Waals surface area contributed by atoms with Crippen LogP contribution >= 0.6 is 12.2 Å². The summed E-state index contributed by atoms with van der Waals surface area (Å²) in [5.41, 5.74) is 5.58. The number of thiocarbonyl (C=S) groups is 1. The van der Waals surface area contributed by atoms with Crippen molar-refractivity contribution in [3.8, 4) is 11.5 Å². The number of hydrogen-bond donors (Lipinski definition) is 1. The van der Waals surface area contributed by atoms with Gasteiger partial charge in [-0.2, -0.15) is 0 Å². The molecule has 7 heteroatoms. The van der Waals surface area contributed by atoms with Crippen LogP contribution in [0, 0.1) is 0 Å². The number of hydrogen-bond acceptors (Lipinski definition) is 5. The lowest BCUT2D eigenvalue weighted by Gasteiger charge is -2.35. The molecule has 0 radical (unpaired) electrons. The van der Waals surface area contributed by atoms with Crippen molar-refractivity contribution < 1.29 is 19.0 Å². The van der Waals surface area contributed by atoms with E-state index < -0.39 is 12.2 Å². The molecule has 21 heavy (non-hydrogen) atoms. The van der Waals surface area contributed by atoms with Gasteiger partial charge in [-0.3, -0.25) is 4.79 Å². The van der Waals surface area contributed by atoms with E-state index in [9.17, 15) is 4.79 Å². The van der Waals surface area contributed by atoms with Gasteiger partial charge < -0.3 is 24.8 Å². The molecular formula is C14H16N2O4S. The lowest BCUT2D eigenvalue weighted by molar-refractivity contribution is -0.146. The van der Waals surface area contributed by atoms with Gasteiger partial charge in [0.2, 0.25) is 6.10 Å². The lowest BCUT2D eigenvalue weighted by Crippen LogP contribution is -2.54. The zero-order valence-electron chi connectivity index (χ0n) is 11.4. The molecule has 2 N–H and O–H groups in total. The number of benzene rings is 1. The number of amides is 1. The first-order chi connectivity index (χ1) is 10.1. The van der Waals surface area contributed by atoms with E-state index in [1.54, 1.807) is 11.0 Å². The number of morpholine rings is 1. The Morgan fingerprint density at radius 2 is 2.05 bits per heavy atom. The Hall–Kier alpha value is -1.86. The molecule has 1 fully saturated rings. The molecule has 0 spiro atoms. The summed E-state index contributed by atoms with van der Waals surface area (Å²) in [5, 5.41) is 0. The molecule has 2 aliphatic heterocycles. The number of para-hydroxylation sites is 2. The van der Waals surface area contributed by atoms with Crippen LogP contribution in [0.2, 0.25) is 0 Å². The van der Waals surface area contributed by atoms with Crippen LogP contribution in [0.1, 0.15) is 0 Å². The summed E-state index contributed by atoms with van der Waals surface area (Å²) in [7, 11) is 0. The highest BCUT2D eigenvalue weighted by Gasteiger charge is 2.34. The van der Waals surface area contributed by atoms with E-state index in [1.807, 2.05) is 18.2 Å². The maximum atomic E-state index is 12.5. The second kappa shape index (κ2) is 5.87. The number of rotatable bonds is 2. The van der Waals surface area contributed by atoms with Crippen molar-refractivity contribution in [2.45, 2.75) is 12.2 Å². The van der Waals surface area contributed by atoms with Gasteiger partial charge in [-0.25, -0.2) is 0 Å². The van der Waals surface area contributed by atoms with Crippen LogP contribution in [0.3, 0.4) is 0 Å². The number of nitrogens with two attached hydrogens (primary N) is 1. The molecule has 6 nitrogen and oxygen atoms in total. The van der Waals surface area contributed by atoms with Gasteiger partial charge in [-0.05, 0) is 12.1 Å². The average Bonchev–Trinajstić information content (AvgIpc) is 2.53. The second-order valence-electron chi connectivity index (χ2n) is 4.91. The van der Waals surface area contributed by atoms with E-state index in [4.69, 9.17) is 32.2 Å². The summed E-state index contributed by atoms with van der Waals surface area (Å²) < 4.78 is 16.7. The molecule has 2 atom stereocenters. The molecule has 0 aliphatic carbocycles. The van der Waals surface area contributed by atoms with E-state index in [0.717, 1.165) is 0 Å². The van der Waals surface area contributed by atoms with Crippen molar-refractivity contribution in [1.82, 2.24) is 4.90 Å². The summed E-state index contributed by atoms with van der Waals surface area (Å²) in [5.74, 6) is 1.11. The Balaban J connectivity index is 1.67. The maximum Gasteiger partial charge on any atom is 0.267 e. The minimum absolute atomic E-state index is 0.131. The molecule has 2 aliphatic rings. The number of nitrogens with zero attached hydrogens (tertiary/aromatic N) is 1. The van der Waals surface area contributed by atoms with Crippen LogP contribution < -0.4 is 15.2 Å². The third kappa shape index (κ3) is 2.93. The molecule has 3 rings (SSSR count). The number of carbonyl (C=O) groups is 1. The Bertz CT molecular complexity index is 566. The molecule has 1 aromatic rings. The molecule has 0 aromatic heterocycles. The predicted octanol–water partition coefficient (Wildman–Crippen LogP) is 0.340. The predicted molar refractivity (Wildman–Crippen MR) is 79.5 cm³/mol. The maximum absolute atomic E-state index is 12.5. The van der Waals surface area contributed by atoms with E-state index in [1.165, 1.54) is 0 Å². The molecule has 1 aromatic carbocycles. The summed E-state index contributed by atoms with van der Waals surface area (Å²) >= 11 is 4.92. The first-order valence-corrected chi connectivity index (χ1v) is 7.14. The third-order valence-corrected chi connectivity index (χ3v) is 3.74. The minimum atomic E-state index is -0.648. The summed E-state index contributed by atoms with van der Waals surface area (Å²) in [6.45, 7) is 1.47. The van der Waals surface area contributed by atoms with Gasteiger partial charge in [-0.1, -0.05) is 24.4 Å². The Labute approximate surface area is 127 Å². The highest BCUT2D eigenvalue weighted by molar-refractivity contribution is 7.80. The summed E-state index contributed by atoms with van der Waals surface area (Å²) in [6.07, 6.45) is -1.04. The van der Waals surface area contributed by atoms with Gasteiger partial charge in [0.1, 0.15) is 17.7 Å². The van der Waals surface area contributed by atoms with Crippen molar-refractivity contribution in [2.75, 3.05) is 26.3 Å². The number of fused-ring (bicyclic) bond motifs is 1. The fourth-order valence-electron chi connectivity index (χ4n) is 2.37. The van der Waals surface area contributed by atoms with Crippen LogP contribution in [-0.2, 0) is 9.53 Å². The molecule has 1 amide bonds. The van der Waals surface area contributed by atoms with Crippen LogP contribution in [0.4, 0.5) is 0 Å². The monoisotopic (exact) mass is 308 g/mol. The van der Waals surface area contributed by atoms with Gasteiger partial charge in [0.15, 0.2) is 11.5 Å². The van der Waals surface area contributed by atoms with Crippen molar-refractivity contribution in [2.24, 2.45) is 5.73 Å². The standard InChI is InChI=1S/C14H16N2O4S/c15-13(21)11-7-16(5-6-18-11)14(17)12-8-19-9-3-1-2-4-10(9)20-12/h1-4,11-12H,5-8H2,(H2,15,21). The van der Waals surface area contributed by atoms with E-state index in [-0.39, 0.29) is 17.5 Å². The van der Waals surface area contributed by atoms with Crippen LogP contribution in [0.5, 0.6) is 11.5 Å².